The topological polar surface area (TPSA) is 12.5 Å². The molecule has 0 saturated carbocycles. The molecule has 1 atom stereocenters. The van der Waals surface area contributed by atoms with Crippen LogP contribution in [0.1, 0.15) is 26.7 Å². The zero-order chi connectivity index (χ0) is 12.1. The molecule has 1 aliphatic heterocycles. The molecule has 2 heteroatoms. The Morgan fingerprint density at radius 3 is 2.53 bits per heavy atom. The van der Waals surface area contributed by atoms with E-state index in [0.717, 1.165) is 18.3 Å². The Kier molecular flexibility index (Phi) is 4.43. The van der Waals surface area contributed by atoms with Crippen LogP contribution in [0.15, 0.2) is 30.3 Å². The molecule has 1 aromatic rings. The number of rotatable bonds is 4. The standard InChI is InChI=1S/C15H23NO/c1-13-8-10-16(11-9-13)14(2)12-17-15-6-4-3-5-7-15/h3-7,13-14H,8-12H2,1-2H3/t14-/m0/s1. The molecule has 1 aliphatic rings. The molecule has 2 nitrogen and oxygen atoms in total. The van der Waals surface area contributed by atoms with Gasteiger partial charge in [0.05, 0.1) is 0 Å². The van der Waals surface area contributed by atoms with Crippen LogP contribution in [0.2, 0.25) is 0 Å². The molecule has 0 aromatic heterocycles. The Balaban J connectivity index is 1.75. The third-order valence-electron chi connectivity index (χ3n) is 3.68. The molecular formula is C15H23NO. The zero-order valence-electron chi connectivity index (χ0n) is 10.9. The maximum absolute atomic E-state index is 5.81. The summed E-state index contributed by atoms with van der Waals surface area (Å²) in [5, 5.41) is 0. The summed E-state index contributed by atoms with van der Waals surface area (Å²) in [6.45, 7) is 7.85. The lowest BCUT2D eigenvalue weighted by molar-refractivity contribution is 0.108. The second kappa shape index (κ2) is 6.06. The first-order chi connectivity index (χ1) is 8.25. The lowest BCUT2D eigenvalue weighted by Crippen LogP contribution is -2.42. The fraction of sp³-hybridized carbons (Fsp3) is 0.600. The second-order valence-electron chi connectivity index (χ2n) is 5.19. The average Bonchev–Trinajstić information content (AvgIpc) is 2.38. The summed E-state index contributed by atoms with van der Waals surface area (Å²) in [6.07, 6.45) is 2.66. The molecule has 0 aliphatic carbocycles. The van der Waals surface area contributed by atoms with Gasteiger partial charge in [-0.3, -0.25) is 4.90 Å². The summed E-state index contributed by atoms with van der Waals surface area (Å²) >= 11 is 0. The highest BCUT2D eigenvalue weighted by Gasteiger charge is 2.20. The molecule has 0 N–H and O–H groups in total. The quantitative estimate of drug-likeness (QED) is 0.792. The SMILES string of the molecule is CC1CCN([C@@H](C)COc2ccccc2)CC1. The van der Waals surface area contributed by atoms with E-state index in [4.69, 9.17) is 4.74 Å². The van der Waals surface area contributed by atoms with Crippen molar-refractivity contribution in [3.05, 3.63) is 30.3 Å². The van der Waals surface area contributed by atoms with E-state index in [1.165, 1.54) is 25.9 Å². The maximum atomic E-state index is 5.81. The third kappa shape index (κ3) is 3.74. The van der Waals surface area contributed by atoms with Crippen LogP contribution in [0.3, 0.4) is 0 Å². The van der Waals surface area contributed by atoms with Crippen LogP contribution in [0.25, 0.3) is 0 Å². The number of benzene rings is 1. The largest absolute Gasteiger partial charge is 0.492 e. The minimum atomic E-state index is 0.516. The van der Waals surface area contributed by atoms with Gasteiger partial charge in [-0.25, -0.2) is 0 Å². The Morgan fingerprint density at radius 1 is 1.24 bits per heavy atom. The van der Waals surface area contributed by atoms with Crippen LogP contribution in [0.5, 0.6) is 5.75 Å². The van der Waals surface area contributed by atoms with Gasteiger partial charge in [-0.15, -0.1) is 0 Å². The highest BCUT2D eigenvalue weighted by molar-refractivity contribution is 5.20. The van der Waals surface area contributed by atoms with Crippen molar-refractivity contribution in [1.29, 1.82) is 0 Å². The molecular weight excluding hydrogens is 210 g/mol. The molecule has 0 unspecified atom stereocenters. The normalized spacial score (nSPS) is 20.1. The Labute approximate surface area is 105 Å². The monoisotopic (exact) mass is 233 g/mol. The Hall–Kier alpha value is -1.02. The van der Waals surface area contributed by atoms with Crippen LogP contribution in [0, 0.1) is 5.92 Å². The number of nitrogens with zero attached hydrogens (tertiary/aromatic N) is 1. The third-order valence-corrected chi connectivity index (χ3v) is 3.68. The highest BCUT2D eigenvalue weighted by Crippen LogP contribution is 2.18. The van der Waals surface area contributed by atoms with Crippen molar-refractivity contribution in [2.24, 2.45) is 5.92 Å². The molecule has 94 valence electrons. The van der Waals surface area contributed by atoms with Gasteiger partial charge in [-0.05, 0) is 50.9 Å². The minimum absolute atomic E-state index is 0.516. The predicted octanol–water partition coefficient (Wildman–Crippen LogP) is 3.19. The molecule has 1 aromatic carbocycles. The number of likely N-dealkylation sites (tertiary alicyclic amines) is 1. The van der Waals surface area contributed by atoms with E-state index >= 15 is 0 Å². The molecule has 2 rings (SSSR count). The summed E-state index contributed by atoms with van der Waals surface area (Å²) < 4.78 is 5.81. The van der Waals surface area contributed by atoms with Gasteiger partial charge in [0.25, 0.3) is 0 Å². The van der Waals surface area contributed by atoms with Crippen LogP contribution in [-0.4, -0.2) is 30.6 Å². The lowest BCUT2D eigenvalue weighted by Gasteiger charge is -2.34. The van der Waals surface area contributed by atoms with Crippen molar-refractivity contribution in [3.63, 3.8) is 0 Å². The summed E-state index contributed by atoms with van der Waals surface area (Å²) in [5.74, 6) is 1.87. The van der Waals surface area contributed by atoms with Gasteiger partial charge in [0.1, 0.15) is 12.4 Å². The summed E-state index contributed by atoms with van der Waals surface area (Å²) in [4.78, 5) is 2.54. The van der Waals surface area contributed by atoms with Gasteiger partial charge in [-0.1, -0.05) is 25.1 Å². The van der Waals surface area contributed by atoms with E-state index in [9.17, 15) is 0 Å². The molecule has 0 bridgehead atoms. The first-order valence-corrected chi connectivity index (χ1v) is 6.67. The van der Waals surface area contributed by atoms with Crippen LogP contribution < -0.4 is 4.74 Å². The first-order valence-electron chi connectivity index (χ1n) is 6.67. The predicted molar refractivity (Wildman–Crippen MR) is 71.4 cm³/mol. The summed E-state index contributed by atoms with van der Waals surface area (Å²) in [6, 6.07) is 10.6. The molecule has 0 radical (unpaired) electrons. The first kappa shape index (κ1) is 12.4. The lowest BCUT2D eigenvalue weighted by atomic mass is 9.98. The molecule has 17 heavy (non-hydrogen) atoms. The fourth-order valence-corrected chi connectivity index (χ4v) is 2.31. The van der Waals surface area contributed by atoms with Crippen LogP contribution in [-0.2, 0) is 0 Å². The number of ether oxygens (including phenoxy) is 1. The number of piperidine rings is 1. The minimum Gasteiger partial charge on any atom is -0.492 e. The summed E-state index contributed by atoms with van der Waals surface area (Å²) in [7, 11) is 0. The smallest absolute Gasteiger partial charge is 0.119 e. The Bertz CT molecular complexity index is 317. The zero-order valence-corrected chi connectivity index (χ0v) is 10.9. The number of hydrogen-bond acceptors (Lipinski definition) is 2. The molecule has 1 saturated heterocycles. The van der Waals surface area contributed by atoms with Crippen molar-refractivity contribution in [1.82, 2.24) is 4.90 Å². The van der Waals surface area contributed by atoms with E-state index in [1.54, 1.807) is 0 Å². The van der Waals surface area contributed by atoms with Gasteiger partial charge in [0.15, 0.2) is 0 Å². The van der Waals surface area contributed by atoms with E-state index in [1.807, 2.05) is 30.3 Å². The second-order valence-corrected chi connectivity index (χ2v) is 5.19. The fourth-order valence-electron chi connectivity index (χ4n) is 2.31. The van der Waals surface area contributed by atoms with Gasteiger partial charge in [0, 0.05) is 6.04 Å². The molecule has 0 spiro atoms. The van der Waals surface area contributed by atoms with Crippen molar-refractivity contribution in [2.75, 3.05) is 19.7 Å². The van der Waals surface area contributed by atoms with Crippen LogP contribution in [0.4, 0.5) is 0 Å². The molecule has 1 fully saturated rings. The van der Waals surface area contributed by atoms with Gasteiger partial charge in [0.2, 0.25) is 0 Å². The molecule has 0 amide bonds. The van der Waals surface area contributed by atoms with E-state index in [2.05, 4.69) is 18.7 Å². The van der Waals surface area contributed by atoms with Crippen LogP contribution >= 0.6 is 0 Å². The van der Waals surface area contributed by atoms with Gasteiger partial charge in [-0.2, -0.15) is 0 Å². The van der Waals surface area contributed by atoms with E-state index in [0.29, 0.717) is 6.04 Å². The van der Waals surface area contributed by atoms with E-state index < -0.39 is 0 Å². The Morgan fingerprint density at radius 2 is 1.88 bits per heavy atom. The van der Waals surface area contributed by atoms with Crippen molar-refractivity contribution >= 4 is 0 Å². The van der Waals surface area contributed by atoms with Gasteiger partial charge >= 0.3 is 0 Å². The number of hydrogen-bond donors (Lipinski definition) is 0. The van der Waals surface area contributed by atoms with Crippen molar-refractivity contribution in [2.45, 2.75) is 32.7 Å². The van der Waals surface area contributed by atoms with Crippen molar-refractivity contribution in [3.8, 4) is 5.75 Å². The average molecular weight is 233 g/mol. The van der Waals surface area contributed by atoms with Crippen molar-refractivity contribution < 1.29 is 4.74 Å². The van der Waals surface area contributed by atoms with E-state index in [-0.39, 0.29) is 0 Å². The van der Waals surface area contributed by atoms with Gasteiger partial charge < -0.3 is 4.74 Å². The summed E-state index contributed by atoms with van der Waals surface area (Å²) in [5.41, 5.74) is 0. The molecule has 1 heterocycles. The highest BCUT2D eigenvalue weighted by atomic mass is 16.5. The maximum Gasteiger partial charge on any atom is 0.119 e. The number of para-hydroxylation sites is 1.